The van der Waals surface area contributed by atoms with Crippen molar-refractivity contribution in [1.82, 2.24) is 15.0 Å². The third-order valence-corrected chi connectivity index (χ3v) is 7.41. The highest BCUT2D eigenvalue weighted by Gasteiger charge is 2.34. The first-order chi connectivity index (χ1) is 16.2. The number of hydrogen-bond donors (Lipinski definition) is 0. The van der Waals surface area contributed by atoms with E-state index >= 15 is 0 Å². The number of ether oxygens (including phenoxy) is 2. The monoisotopic (exact) mass is 481 g/mol. The third kappa shape index (κ3) is 4.26. The van der Waals surface area contributed by atoms with E-state index in [-0.39, 0.29) is 11.9 Å². The van der Waals surface area contributed by atoms with Crippen LogP contribution in [0.2, 0.25) is 0 Å². The Kier molecular flexibility index (Phi) is 6.15. The van der Waals surface area contributed by atoms with Crippen molar-refractivity contribution in [2.45, 2.75) is 25.3 Å². The molecule has 0 saturated carbocycles. The molecule has 1 aromatic carbocycles. The second-order valence-electron chi connectivity index (χ2n) is 7.68. The summed E-state index contributed by atoms with van der Waals surface area (Å²) in [7, 11) is 3.27. The molecule has 1 amide bonds. The highest BCUT2D eigenvalue weighted by molar-refractivity contribution is 7.10. The minimum absolute atomic E-state index is 0.0594. The molecule has 4 aromatic rings. The van der Waals surface area contributed by atoms with Gasteiger partial charge in [0.15, 0.2) is 11.5 Å². The quantitative estimate of drug-likeness (QED) is 0.370. The van der Waals surface area contributed by atoms with Gasteiger partial charge >= 0.3 is 0 Å². The van der Waals surface area contributed by atoms with Gasteiger partial charge in [0.1, 0.15) is 0 Å². The molecule has 0 spiro atoms. The summed E-state index contributed by atoms with van der Waals surface area (Å²) in [5.74, 6) is 2.46. The van der Waals surface area contributed by atoms with Crippen molar-refractivity contribution in [3.8, 4) is 22.9 Å². The maximum atomic E-state index is 13.4. The van der Waals surface area contributed by atoms with Crippen LogP contribution in [0.15, 0.2) is 51.0 Å². The van der Waals surface area contributed by atoms with Crippen molar-refractivity contribution in [2.75, 3.05) is 20.8 Å². The Morgan fingerprint density at radius 1 is 1.21 bits per heavy atom. The summed E-state index contributed by atoms with van der Waals surface area (Å²) in [6.07, 6.45) is 1.46. The first-order valence-electron chi connectivity index (χ1n) is 10.6. The Balaban J connectivity index is 1.39. The normalized spacial score (nSPS) is 15.3. The van der Waals surface area contributed by atoms with Gasteiger partial charge in [0.2, 0.25) is 17.6 Å². The molecule has 1 aliphatic heterocycles. The molecule has 7 nitrogen and oxygen atoms in total. The van der Waals surface area contributed by atoms with Crippen molar-refractivity contribution in [1.29, 1.82) is 0 Å². The van der Waals surface area contributed by atoms with E-state index in [4.69, 9.17) is 14.0 Å². The van der Waals surface area contributed by atoms with Gasteiger partial charge in [0.25, 0.3) is 0 Å². The minimum atomic E-state index is -0.162. The van der Waals surface area contributed by atoms with E-state index < -0.39 is 0 Å². The number of methoxy groups -OCH3 is 2. The van der Waals surface area contributed by atoms with Gasteiger partial charge in [-0.15, -0.1) is 11.3 Å². The van der Waals surface area contributed by atoms with Gasteiger partial charge in [0.05, 0.1) is 20.3 Å². The number of carbonyl (C=O) groups is 1. The predicted molar refractivity (Wildman–Crippen MR) is 127 cm³/mol. The average Bonchev–Trinajstić information content (AvgIpc) is 3.63. The lowest BCUT2D eigenvalue weighted by molar-refractivity contribution is -0.133. The standard InChI is InChI=1S/C24H23N3O4S2/c1-29-18-12-15-7-9-27(23(20-4-3-10-33-20)17(15)13-19(18)30-2)22(28)6-5-21-25-24(26-31-21)16-8-11-32-14-16/h3-4,8,10-14,23H,5-7,9H2,1-2H3. The molecule has 4 heterocycles. The van der Waals surface area contributed by atoms with Gasteiger partial charge in [-0.05, 0) is 52.6 Å². The molecule has 0 aliphatic carbocycles. The molecular weight excluding hydrogens is 458 g/mol. The van der Waals surface area contributed by atoms with Gasteiger partial charge in [-0.2, -0.15) is 16.3 Å². The van der Waals surface area contributed by atoms with Crippen LogP contribution >= 0.6 is 22.7 Å². The van der Waals surface area contributed by atoms with Crippen molar-refractivity contribution >= 4 is 28.6 Å². The molecule has 5 rings (SSSR count). The number of rotatable bonds is 7. The van der Waals surface area contributed by atoms with Crippen molar-refractivity contribution in [3.63, 3.8) is 0 Å². The smallest absolute Gasteiger partial charge is 0.227 e. The molecule has 3 aromatic heterocycles. The fraction of sp³-hybridized carbons (Fsp3) is 0.292. The Morgan fingerprint density at radius 3 is 2.79 bits per heavy atom. The van der Waals surface area contributed by atoms with Crippen LogP contribution in [0.3, 0.4) is 0 Å². The lowest BCUT2D eigenvalue weighted by Crippen LogP contribution is -2.40. The molecule has 9 heteroatoms. The molecule has 1 atom stereocenters. The number of hydrogen-bond acceptors (Lipinski definition) is 8. The molecule has 0 radical (unpaired) electrons. The molecule has 0 bridgehead atoms. The second-order valence-corrected chi connectivity index (χ2v) is 9.44. The lowest BCUT2D eigenvalue weighted by Gasteiger charge is -2.37. The van der Waals surface area contributed by atoms with Crippen LogP contribution in [-0.4, -0.2) is 41.7 Å². The van der Waals surface area contributed by atoms with E-state index in [2.05, 4.69) is 16.2 Å². The van der Waals surface area contributed by atoms with Crippen LogP contribution in [0.25, 0.3) is 11.4 Å². The number of benzene rings is 1. The van der Waals surface area contributed by atoms with Crippen LogP contribution in [0.5, 0.6) is 11.5 Å². The Morgan fingerprint density at radius 2 is 2.06 bits per heavy atom. The highest BCUT2D eigenvalue weighted by Crippen LogP contribution is 2.42. The number of aryl methyl sites for hydroxylation is 1. The Bertz CT molecular complexity index is 1230. The largest absolute Gasteiger partial charge is 0.493 e. The van der Waals surface area contributed by atoms with E-state index in [1.807, 2.05) is 45.3 Å². The van der Waals surface area contributed by atoms with Crippen LogP contribution in [0.4, 0.5) is 0 Å². The summed E-state index contributed by atoms with van der Waals surface area (Å²) >= 11 is 3.23. The lowest BCUT2D eigenvalue weighted by atomic mass is 9.90. The first kappa shape index (κ1) is 21.7. The first-order valence-corrected chi connectivity index (χ1v) is 12.4. The van der Waals surface area contributed by atoms with E-state index in [9.17, 15) is 4.79 Å². The molecule has 33 heavy (non-hydrogen) atoms. The zero-order chi connectivity index (χ0) is 22.8. The average molecular weight is 482 g/mol. The highest BCUT2D eigenvalue weighted by atomic mass is 32.1. The number of carbonyl (C=O) groups excluding carboxylic acids is 1. The Labute approximate surface area is 199 Å². The zero-order valence-corrected chi connectivity index (χ0v) is 19.9. The molecule has 0 fully saturated rings. The number of thiophene rings is 2. The fourth-order valence-corrected chi connectivity index (χ4v) is 5.68. The maximum absolute atomic E-state index is 13.4. The molecular formula is C24H23N3O4S2. The van der Waals surface area contributed by atoms with Crippen LogP contribution < -0.4 is 9.47 Å². The number of nitrogens with zero attached hydrogens (tertiary/aromatic N) is 3. The number of aromatic nitrogens is 2. The van der Waals surface area contributed by atoms with E-state index in [0.717, 1.165) is 22.4 Å². The summed E-state index contributed by atoms with van der Waals surface area (Å²) in [5.41, 5.74) is 3.18. The summed E-state index contributed by atoms with van der Waals surface area (Å²) < 4.78 is 16.4. The molecule has 1 aliphatic rings. The zero-order valence-electron chi connectivity index (χ0n) is 18.3. The van der Waals surface area contributed by atoms with Gasteiger partial charge in [-0.25, -0.2) is 0 Å². The topological polar surface area (TPSA) is 77.7 Å². The molecule has 0 saturated heterocycles. The molecule has 0 N–H and O–H groups in total. The van der Waals surface area contributed by atoms with E-state index in [1.165, 1.54) is 5.56 Å². The SMILES string of the molecule is COc1cc2c(cc1OC)C(c1cccs1)N(C(=O)CCc1nc(-c3ccsc3)no1)CC2. The van der Waals surface area contributed by atoms with Gasteiger partial charge in [-0.3, -0.25) is 4.79 Å². The maximum Gasteiger partial charge on any atom is 0.227 e. The third-order valence-electron chi connectivity index (χ3n) is 5.81. The van der Waals surface area contributed by atoms with Crippen LogP contribution in [0.1, 0.15) is 34.4 Å². The van der Waals surface area contributed by atoms with Crippen molar-refractivity contribution < 1.29 is 18.8 Å². The summed E-state index contributed by atoms with van der Waals surface area (Å²) in [5, 5.41) is 10.0. The summed E-state index contributed by atoms with van der Waals surface area (Å²) in [4.78, 5) is 20.9. The van der Waals surface area contributed by atoms with Gasteiger partial charge in [0, 0.05) is 35.2 Å². The molecule has 1 unspecified atom stereocenters. The minimum Gasteiger partial charge on any atom is -0.493 e. The number of fused-ring (bicyclic) bond motifs is 1. The van der Waals surface area contributed by atoms with Crippen LogP contribution in [0, 0.1) is 0 Å². The second kappa shape index (κ2) is 9.36. The fourth-order valence-electron chi connectivity index (χ4n) is 4.19. The van der Waals surface area contributed by atoms with Crippen molar-refractivity contribution in [2.24, 2.45) is 0 Å². The summed E-state index contributed by atoms with van der Waals surface area (Å²) in [6, 6.07) is 9.91. The van der Waals surface area contributed by atoms with Crippen molar-refractivity contribution in [3.05, 3.63) is 68.4 Å². The number of amides is 1. The van der Waals surface area contributed by atoms with Gasteiger partial charge < -0.3 is 18.9 Å². The molecule has 170 valence electrons. The van der Waals surface area contributed by atoms with Gasteiger partial charge in [-0.1, -0.05) is 11.2 Å². The van der Waals surface area contributed by atoms with E-state index in [0.29, 0.717) is 42.6 Å². The summed E-state index contributed by atoms with van der Waals surface area (Å²) in [6.45, 7) is 0.633. The Hall–Kier alpha value is -3.17. The van der Waals surface area contributed by atoms with Crippen LogP contribution in [-0.2, 0) is 17.6 Å². The predicted octanol–water partition coefficient (Wildman–Crippen LogP) is 4.98. The van der Waals surface area contributed by atoms with E-state index in [1.54, 1.807) is 36.9 Å².